The average molecular weight is 272 g/mol. The minimum atomic E-state index is -0.475. The molecule has 0 saturated carbocycles. The molecule has 0 saturated heterocycles. The largest absolute Gasteiger partial charge is 0.355 e. The first-order valence-corrected chi connectivity index (χ1v) is 5.94. The molecule has 2 aromatic rings. The fraction of sp³-hybridized carbons (Fsp3) is 0.231. The van der Waals surface area contributed by atoms with Crippen LogP contribution >= 0.6 is 0 Å². The molecule has 0 spiro atoms. The maximum absolute atomic E-state index is 10.9. The second-order valence-corrected chi connectivity index (χ2v) is 4.06. The maximum Gasteiger partial charge on any atom is 0.297 e. The summed E-state index contributed by atoms with van der Waals surface area (Å²) in [6.07, 6.45) is 0.495. The van der Waals surface area contributed by atoms with Crippen LogP contribution < -0.4 is 5.32 Å². The van der Waals surface area contributed by atoms with Gasteiger partial charge in [0.15, 0.2) is 5.52 Å². The van der Waals surface area contributed by atoms with Gasteiger partial charge in [0.1, 0.15) is 5.69 Å². The zero-order valence-corrected chi connectivity index (χ0v) is 10.8. The van der Waals surface area contributed by atoms with Crippen molar-refractivity contribution in [2.75, 3.05) is 6.54 Å². The smallest absolute Gasteiger partial charge is 0.297 e. The number of hydrogen-bond acceptors (Lipinski definition) is 4. The predicted molar refractivity (Wildman–Crippen MR) is 72.9 cm³/mol. The molecule has 0 atom stereocenters. The Labute approximate surface area is 114 Å². The molecular formula is C13H12N4O3. The number of rotatable bonds is 3. The van der Waals surface area contributed by atoms with Gasteiger partial charge in [-0.1, -0.05) is 12.0 Å². The van der Waals surface area contributed by atoms with Crippen LogP contribution in [0.4, 0.5) is 5.69 Å². The van der Waals surface area contributed by atoms with Crippen LogP contribution in [0.5, 0.6) is 0 Å². The molecule has 0 unspecified atom stereocenters. The summed E-state index contributed by atoms with van der Waals surface area (Å²) in [5, 5.41) is 20.7. The average Bonchev–Trinajstić information content (AvgIpc) is 2.81. The van der Waals surface area contributed by atoms with E-state index in [1.165, 1.54) is 13.0 Å². The van der Waals surface area contributed by atoms with E-state index in [-0.39, 0.29) is 11.6 Å². The quantitative estimate of drug-likeness (QED) is 0.381. The van der Waals surface area contributed by atoms with Crippen molar-refractivity contribution >= 4 is 22.5 Å². The number of nitrogens with zero attached hydrogens (tertiary/aromatic N) is 2. The topological polar surface area (TPSA) is 101 Å². The predicted octanol–water partition coefficient (Wildman–Crippen LogP) is 1.35. The Morgan fingerprint density at radius 2 is 2.35 bits per heavy atom. The minimum absolute atomic E-state index is 0.0509. The van der Waals surface area contributed by atoms with Gasteiger partial charge < -0.3 is 5.32 Å². The Bertz CT molecular complexity index is 724. The second kappa shape index (κ2) is 5.84. The Balaban J connectivity index is 2.20. The lowest BCUT2D eigenvalue weighted by Gasteiger charge is -1.94. The third-order valence-electron chi connectivity index (χ3n) is 2.60. The summed E-state index contributed by atoms with van der Waals surface area (Å²) in [7, 11) is 0. The number of aromatic nitrogens is 2. The van der Waals surface area contributed by atoms with Gasteiger partial charge in [-0.15, -0.1) is 0 Å². The molecule has 1 aromatic carbocycles. The van der Waals surface area contributed by atoms with Gasteiger partial charge in [-0.2, -0.15) is 5.10 Å². The zero-order valence-electron chi connectivity index (χ0n) is 10.8. The number of nitro benzene ring substituents is 1. The number of nitrogens with one attached hydrogen (secondary N) is 2. The normalized spacial score (nSPS) is 9.85. The van der Waals surface area contributed by atoms with Gasteiger partial charge in [0.2, 0.25) is 5.91 Å². The lowest BCUT2D eigenvalue weighted by atomic mass is 10.2. The molecule has 2 N–H and O–H groups in total. The molecule has 0 radical (unpaired) electrons. The van der Waals surface area contributed by atoms with Crippen molar-refractivity contribution in [1.82, 2.24) is 15.5 Å². The summed E-state index contributed by atoms with van der Waals surface area (Å²) < 4.78 is 0. The number of H-pyrrole nitrogens is 1. The number of carbonyl (C=O) groups excluding carboxylic acids is 1. The van der Waals surface area contributed by atoms with Crippen LogP contribution in [0.2, 0.25) is 0 Å². The van der Waals surface area contributed by atoms with Gasteiger partial charge in [-0.05, 0) is 12.0 Å². The highest BCUT2D eigenvalue weighted by Crippen LogP contribution is 2.24. The van der Waals surface area contributed by atoms with Crippen LogP contribution in [-0.2, 0) is 4.79 Å². The first-order chi connectivity index (χ1) is 9.59. The Kier molecular flexibility index (Phi) is 3.96. The Hall–Kier alpha value is -2.88. The third-order valence-corrected chi connectivity index (χ3v) is 2.60. The molecule has 0 fully saturated rings. The van der Waals surface area contributed by atoms with E-state index in [0.717, 1.165) is 0 Å². The first kappa shape index (κ1) is 13.5. The van der Waals surface area contributed by atoms with Crippen LogP contribution in [0.25, 0.3) is 10.9 Å². The van der Waals surface area contributed by atoms with Crippen LogP contribution in [-0.4, -0.2) is 27.6 Å². The molecule has 7 heteroatoms. The van der Waals surface area contributed by atoms with Crippen molar-refractivity contribution in [3.05, 3.63) is 34.0 Å². The molecular weight excluding hydrogens is 260 g/mol. The van der Waals surface area contributed by atoms with E-state index in [4.69, 9.17) is 0 Å². The first-order valence-electron chi connectivity index (χ1n) is 5.94. The summed E-state index contributed by atoms with van der Waals surface area (Å²) >= 11 is 0. The van der Waals surface area contributed by atoms with E-state index in [1.54, 1.807) is 12.1 Å². The van der Waals surface area contributed by atoms with Gasteiger partial charge in [0.05, 0.1) is 4.92 Å². The number of para-hydroxylation sites is 1. The van der Waals surface area contributed by atoms with Crippen LogP contribution in [0.1, 0.15) is 19.0 Å². The fourth-order valence-electron chi connectivity index (χ4n) is 1.72. The minimum Gasteiger partial charge on any atom is -0.355 e. The van der Waals surface area contributed by atoms with E-state index in [2.05, 4.69) is 27.4 Å². The highest BCUT2D eigenvalue weighted by atomic mass is 16.6. The zero-order chi connectivity index (χ0) is 14.5. The van der Waals surface area contributed by atoms with E-state index in [0.29, 0.717) is 29.6 Å². The monoisotopic (exact) mass is 272 g/mol. The van der Waals surface area contributed by atoms with Crippen LogP contribution in [0.15, 0.2) is 18.2 Å². The third kappa shape index (κ3) is 2.92. The molecule has 102 valence electrons. The maximum atomic E-state index is 10.9. The number of non-ortho nitro benzene ring substituents is 1. The summed E-state index contributed by atoms with van der Waals surface area (Å²) in [6, 6.07) is 4.72. The number of nitro groups is 1. The summed E-state index contributed by atoms with van der Waals surface area (Å²) in [6.45, 7) is 1.91. The van der Waals surface area contributed by atoms with Crippen LogP contribution in [0.3, 0.4) is 0 Å². The van der Waals surface area contributed by atoms with Crippen molar-refractivity contribution in [2.24, 2.45) is 0 Å². The molecule has 1 aromatic heterocycles. The van der Waals surface area contributed by atoms with Crippen LogP contribution in [0, 0.1) is 22.0 Å². The van der Waals surface area contributed by atoms with Crippen molar-refractivity contribution in [3.8, 4) is 11.8 Å². The van der Waals surface area contributed by atoms with E-state index in [9.17, 15) is 14.9 Å². The van der Waals surface area contributed by atoms with Gasteiger partial charge in [-0.3, -0.25) is 20.0 Å². The molecule has 0 aliphatic heterocycles. The number of aromatic amines is 1. The Morgan fingerprint density at radius 3 is 3.05 bits per heavy atom. The molecule has 1 heterocycles. The number of benzene rings is 1. The highest BCUT2D eigenvalue weighted by molar-refractivity contribution is 5.90. The fourth-order valence-corrected chi connectivity index (χ4v) is 1.72. The molecule has 0 aliphatic carbocycles. The van der Waals surface area contributed by atoms with Gasteiger partial charge in [-0.25, -0.2) is 0 Å². The van der Waals surface area contributed by atoms with E-state index >= 15 is 0 Å². The number of hydrogen-bond donors (Lipinski definition) is 2. The number of carbonyl (C=O) groups is 1. The molecule has 0 bridgehead atoms. The lowest BCUT2D eigenvalue weighted by molar-refractivity contribution is -0.383. The lowest BCUT2D eigenvalue weighted by Crippen LogP contribution is -2.20. The van der Waals surface area contributed by atoms with Gasteiger partial charge in [0.25, 0.3) is 5.69 Å². The van der Waals surface area contributed by atoms with Crippen molar-refractivity contribution in [1.29, 1.82) is 0 Å². The van der Waals surface area contributed by atoms with Crippen molar-refractivity contribution < 1.29 is 9.72 Å². The van der Waals surface area contributed by atoms with Gasteiger partial charge in [0, 0.05) is 31.3 Å². The molecule has 20 heavy (non-hydrogen) atoms. The van der Waals surface area contributed by atoms with E-state index < -0.39 is 4.92 Å². The SMILES string of the molecule is CC(=O)NCCC#Cc1[nH]nc2c([N+](=O)[O-])cccc12. The number of amides is 1. The second-order valence-electron chi connectivity index (χ2n) is 4.06. The summed E-state index contributed by atoms with van der Waals surface area (Å²) in [4.78, 5) is 21.1. The molecule has 2 rings (SSSR count). The van der Waals surface area contributed by atoms with Crippen molar-refractivity contribution in [2.45, 2.75) is 13.3 Å². The summed E-state index contributed by atoms with van der Waals surface area (Å²) in [5.41, 5.74) is 0.778. The Morgan fingerprint density at radius 1 is 1.55 bits per heavy atom. The molecule has 1 amide bonds. The standard InChI is InChI=1S/C13H12N4O3/c1-9(18)14-8-3-2-6-11-10-5-4-7-12(17(19)20)13(10)16-15-11/h4-5,7H,3,8H2,1H3,(H,14,18)(H,15,16). The number of fused-ring (bicyclic) bond motifs is 1. The van der Waals surface area contributed by atoms with E-state index in [1.807, 2.05) is 0 Å². The highest BCUT2D eigenvalue weighted by Gasteiger charge is 2.15. The van der Waals surface area contributed by atoms with Gasteiger partial charge >= 0.3 is 0 Å². The van der Waals surface area contributed by atoms with Crippen molar-refractivity contribution in [3.63, 3.8) is 0 Å². The molecule has 7 nitrogen and oxygen atoms in total. The molecule has 0 aliphatic rings. The summed E-state index contributed by atoms with van der Waals surface area (Å²) in [5.74, 6) is 5.64.